The molecule has 0 fully saturated rings. The maximum atomic E-state index is 12.4. The predicted octanol–water partition coefficient (Wildman–Crippen LogP) is 2.34. The number of nitrogens with two attached hydrogens (primary N) is 1. The van der Waals surface area contributed by atoms with Crippen LogP contribution in [0.4, 0.5) is 11.4 Å². The minimum Gasteiger partial charge on any atom is -0.366 e. The number of nitrogens with zero attached hydrogens (tertiary/aromatic N) is 1. The lowest BCUT2D eigenvalue weighted by Crippen LogP contribution is -2.43. The molecule has 0 radical (unpaired) electrons. The Morgan fingerprint density at radius 3 is 2.30 bits per heavy atom. The maximum absolute atomic E-state index is 12.4. The summed E-state index contributed by atoms with van der Waals surface area (Å²) in [7, 11) is 1.67. The van der Waals surface area contributed by atoms with Crippen LogP contribution in [0.15, 0.2) is 48.5 Å². The number of nitrogens with one attached hydrogen (secondary N) is 2. The molecular formula is C19H21ClN4O3. The molecule has 8 heteroatoms. The first-order chi connectivity index (χ1) is 12.8. The number of anilines is 2. The highest BCUT2D eigenvalue weighted by molar-refractivity contribution is 6.33. The van der Waals surface area contributed by atoms with E-state index in [1.54, 1.807) is 55.3 Å². The standard InChI is InChI=1S/C19H21ClN4O3/c1-12(19(27)22-14-9-7-13(8-10-14)18(21)26)24(2)11-17(25)23-16-6-4-3-5-15(16)20/h3-10,12H,11H2,1-2H3,(H2,21,26)(H,22,27)(H,23,25)/t12-/m0/s1. The Morgan fingerprint density at radius 2 is 1.70 bits per heavy atom. The fourth-order valence-electron chi connectivity index (χ4n) is 2.28. The number of amides is 3. The zero-order chi connectivity index (χ0) is 20.0. The first-order valence-electron chi connectivity index (χ1n) is 8.23. The summed E-state index contributed by atoms with van der Waals surface area (Å²) in [5.74, 6) is -1.10. The third-order valence-corrected chi connectivity index (χ3v) is 4.35. The number of benzene rings is 2. The Balaban J connectivity index is 1.90. The van der Waals surface area contributed by atoms with Crippen molar-refractivity contribution in [1.29, 1.82) is 0 Å². The third-order valence-electron chi connectivity index (χ3n) is 4.02. The van der Waals surface area contributed by atoms with Crippen molar-refractivity contribution in [3.05, 3.63) is 59.1 Å². The molecule has 7 nitrogen and oxygen atoms in total. The molecule has 0 saturated heterocycles. The van der Waals surface area contributed by atoms with Crippen molar-refractivity contribution in [2.24, 2.45) is 5.73 Å². The summed E-state index contributed by atoms with van der Waals surface area (Å²) in [5, 5.41) is 5.89. The highest BCUT2D eigenvalue weighted by atomic mass is 35.5. The molecule has 0 aromatic heterocycles. The largest absolute Gasteiger partial charge is 0.366 e. The molecule has 0 aliphatic rings. The molecular weight excluding hydrogens is 368 g/mol. The first-order valence-corrected chi connectivity index (χ1v) is 8.61. The molecule has 2 aromatic carbocycles. The Bertz CT molecular complexity index is 839. The zero-order valence-electron chi connectivity index (χ0n) is 15.0. The van der Waals surface area contributed by atoms with Gasteiger partial charge in [-0.25, -0.2) is 0 Å². The van der Waals surface area contributed by atoms with Crippen LogP contribution in [0.1, 0.15) is 17.3 Å². The lowest BCUT2D eigenvalue weighted by Gasteiger charge is -2.23. The molecule has 27 heavy (non-hydrogen) atoms. The number of primary amides is 1. The van der Waals surface area contributed by atoms with Crippen LogP contribution in [0, 0.1) is 0 Å². The highest BCUT2D eigenvalue weighted by Gasteiger charge is 2.20. The molecule has 0 saturated carbocycles. The highest BCUT2D eigenvalue weighted by Crippen LogP contribution is 2.20. The van der Waals surface area contributed by atoms with Gasteiger partial charge in [0, 0.05) is 11.3 Å². The fraction of sp³-hybridized carbons (Fsp3) is 0.211. The maximum Gasteiger partial charge on any atom is 0.248 e. The van der Waals surface area contributed by atoms with Crippen LogP contribution in [0.2, 0.25) is 5.02 Å². The van der Waals surface area contributed by atoms with Crippen molar-refractivity contribution in [3.63, 3.8) is 0 Å². The molecule has 0 aliphatic carbocycles. The molecule has 4 N–H and O–H groups in total. The number of halogens is 1. The average molecular weight is 389 g/mol. The number of hydrogen-bond acceptors (Lipinski definition) is 4. The van der Waals surface area contributed by atoms with Crippen LogP contribution in [0.5, 0.6) is 0 Å². The van der Waals surface area contributed by atoms with Gasteiger partial charge in [-0.2, -0.15) is 0 Å². The van der Waals surface area contributed by atoms with Gasteiger partial charge in [0.15, 0.2) is 0 Å². The topological polar surface area (TPSA) is 105 Å². The van der Waals surface area contributed by atoms with Crippen molar-refractivity contribution in [2.45, 2.75) is 13.0 Å². The molecule has 142 valence electrons. The van der Waals surface area contributed by atoms with Gasteiger partial charge in [0.05, 0.1) is 23.3 Å². The third kappa shape index (κ3) is 5.80. The van der Waals surface area contributed by atoms with Crippen LogP contribution in [-0.4, -0.2) is 42.3 Å². The molecule has 1 atom stereocenters. The van der Waals surface area contributed by atoms with Crippen LogP contribution < -0.4 is 16.4 Å². The molecule has 3 amide bonds. The summed E-state index contributed by atoms with van der Waals surface area (Å²) in [6.45, 7) is 1.70. The van der Waals surface area contributed by atoms with Crippen molar-refractivity contribution >= 4 is 40.7 Å². The van der Waals surface area contributed by atoms with Crippen molar-refractivity contribution in [3.8, 4) is 0 Å². The van der Waals surface area contributed by atoms with Crippen molar-refractivity contribution in [1.82, 2.24) is 4.90 Å². The Kier molecular flexibility index (Phi) is 6.92. The number of carbonyl (C=O) groups excluding carboxylic acids is 3. The van der Waals surface area contributed by atoms with E-state index in [1.165, 1.54) is 12.1 Å². The van der Waals surface area contributed by atoms with Gasteiger partial charge in [0.1, 0.15) is 0 Å². The Morgan fingerprint density at radius 1 is 1.07 bits per heavy atom. The van der Waals surface area contributed by atoms with Crippen LogP contribution in [0.3, 0.4) is 0 Å². The number of rotatable bonds is 7. The van der Waals surface area contributed by atoms with Crippen molar-refractivity contribution < 1.29 is 14.4 Å². The number of para-hydroxylation sites is 1. The Labute approximate surface area is 162 Å². The van der Waals surface area contributed by atoms with Crippen LogP contribution >= 0.6 is 11.6 Å². The molecule has 2 aromatic rings. The van der Waals surface area contributed by atoms with Gasteiger partial charge in [-0.1, -0.05) is 23.7 Å². The van der Waals surface area contributed by atoms with Gasteiger partial charge in [0.25, 0.3) is 0 Å². The quantitative estimate of drug-likeness (QED) is 0.677. The summed E-state index contributed by atoms with van der Waals surface area (Å²) >= 11 is 6.02. The smallest absolute Gasteiger partial charge is 0.248 e. The summed E-state index contributed by atoms with van der Waals surface area (Å²) < 4.78 is 0. The number of hydrogen-bond donors (Lipinski definition) is 3. The minimum absolute atomic E-state index is 0.0143. The van der Waals surface area contributed by atoms with E-state index in [9.17, 15) is 14.4 Å². The van der Waals surface area contributed by atoms with E-state index in [4.69, 9.17) is 17.3 Å². The lowest BCUT2D eigenvalue weighted by molar-refractivity contribution is -0.122. The normalized spacial score (nSPS) is 11.7. The van der Waals surface area contributed by atoms with Gasteiger partial charge >= 0.3 is 0 Å². The SMILES string of the molecule is C[C@@H](C(=O)Nc1ccc(C(N)=O)cc1)N(C)CC(=O)Nc1ccccc1Cl. The van der Waals surface area contributed by atoms with E-state index in [1.807, 2.05) is 0 Å². The minimum atomic E-state index is -0.558. The monoisotopic (exact) mass is 388 g/mol. The van der Waals surface area contributed by atoms with E-state index in [2.05, 4.69) is 10.6 Å². The second-order valence-corrected chi connectivity index (χ2v) is 6.46. The molecule has 0 spiro atoms. The summed E-state index contributed by atoms with van der Waals surface area (Å²) in [6, 6.07) is 12.6. The summed E-state index contributed by atoms with van der Waals surface area (Å²) in [4.78, 5) is 37.2. The molecule has 0 heterocycles. The average Bonchev–Trinajstić information content (AvgIpc) is 2.63. The van der Waals surface area contributed by atoms with Crippen LogP contribution in [-0.2, 0) is 9.59 Å². The first kappa shape index (κ1) is 20.4. The Hall–Kier alpha value is -2.90. The summed E-state index contributed by atoms with van der Waals surface area (Å²) in [6.07, 6.45) is 0. The van der Waals surface area contributed by atoms with Gasteiger partial charge < -0.3 is 16.4 Å². The van der Waals surface area contributed by atoms with Crippen molar-refractivity contribution in [2.75, 3.05) is 24.2 Å². The zero-order valence-corrected chi connectivity index (χ0v) is 15.8. The second kappa shape index (κ2) is 9.16. The summed E-state index contributed by atoms with van der Waals surface area (Å²) in [5.41, 5.74) is 6.59. The van der Waals surface area contributed by atoms with E-state index >= 15 is 0 Å². The van der Waals surface area contributed by atoms with Gasteiger partial charge in [-0.15, -0.1) is 0 Å². The number of carbonyl (C=O) groups is 3. The fourth-order valence-corrected chi connectivity index (χ4v) is 2.46. The predicted molar refractivity (Wildman–Crippen MR) is 106 cm³/mol. The molecule has 0 unspecified atom stereocenters. The van der Waals surface area contributed by atoms with Crippen LogP contribution in [0.25, 0.3) is 0 Å². The second-order valence-electron chi connectivity index (χ2n) is 6.05. The number of likely N-dealkylation sites (N-methyl/N-ethyl adjacent to an activating group) is 1. The van der Waals surface area contributed by atoms with E-state index in [-0.39, 0.29) is 18.4 Å². The van der Waals surface area contributed by atoms with Gasteiger partial charge in [-0.05, 0) is 50.4 Å². The molecule has 2 rings (SSSR count). The van der Waals surface area contributed by atoms with Gasteiger partial charge in [-0.3, -0.25) is 19.3 Å². The molecule has 0 bridgehead atoms. The van der Waals surface area contributed by atoms with E-state index in [0.29, 0.717) is 22.0 Å². The molecule has 0 aliphatic heterocycles. The lowest BCUT2D eigenvalue weighted by atomic mass is 10.2. The van der Waals surface area contributed by atoms with Gasteiger partial charge in [0.2, 0.25) is 17.7 Å². The van der Waals surface area contributed by atoms with E-state index in [0.717, 1.165) is 0 Å². The van der Waals surface area contributed by atoms with E-state index < -0.39 is 11.9 Å².